The largest absolute Gasteiger partial charge is 0.340 e. The van der Waals surface area contributed by atoms with Crippen molar-refractivity contribution < 1.29 is 16.8 Å². The summed E-state index contributed by atoms with van der Waals surface area (Å²) in [5, 5.41) is 16.4. The molecule has 30 heavy (non-hydrogen) atoms. The highest BCUT2D eigenvalue weighted by molar-refractivity contribution is 7.89. The highest BCUT2D eigenvalue weighted by Gasteiger charge is 2.14. The van der Waals surface area contributed by atoms with E-state index in [0.29, 0.717) is 28.3 Å². The van der Waals surface area contributed by atoms with Crippen LogP contribution in [0.2, 0.25) is 0 Å². The predicted octanol–water partition coefficient (Wildman–Crippen LogP) is 1.88. The van der Waals surface area contributed by atoms with E-state index >= 15 is 0 Å². The molecule has 0 atom stereocenters. The Bertz CT molecular complexity index is 1230. The molecule has 0 unspecified atom stereocenters. The molecule has 12 heteroatoms. The zero-order valence-corrected chi connectivity index (χ0v) is 17.8. The molecule has 0 saturated carbocycles. The Kier molecular flexibility index (Phi) is 5.76. The van der Waals surface area contributed by atoms with Crippen molar-refractivity contribution in [3.8, 4) is 0 Å². The molecule has 0 aliphatic carbocycles. The SMILES string of the molecule is Cc1ccc(Nc2ccnc(Nc3ccc(C)c(S(N)(=O)=O)c3)n2)cc1S(N)(=O)=O. The second-order valence-corrected chi connectivity index (χ2v) is 9.63. The third-order valence-corrected chi connectivity index (χ3v) is 6.28. The topological polar surface area (TPSA) is 170 Å². The number of hydrogen-bond acceptors (Lipinski definition) is 8. The lowest BCUT2D eigenvalue weighted by molar-refractivity contribution is 0.595. The Balaban J connectivity index is 1.86. The number of nitrogens with one attached hydrogen (secondary N) is 2. The molecule has 3 rings (SSSR count). The molecule has 2 aromatic carbocycles. The monoisotopic (exact) mass is 448 g/mol. The summed E-state index contributed by atoms with van der Waals surface area (Å²) in [5.41, 5.74) is 1.96. The molecule has 0 spiro atoms. The summed E-state index contributed by atoms with van der Waals surface area (Å²) in [6.07, 6.45) is 1.49. The molecule has 158 valence electrons. The maximum Gasteiger partial charge on any atom is 0.238 e. The number of hydrogen-bond donors (Lipinski definition) is 4. The van der Waals surface area contributed by atoms with E-state index in [1.54, 1.807) is 44.2 Å². The summed E-state index contributed by atoms with van der Waals surface area (Å²) in [5.74, 6) is 0.582. The number of sulfonamides is 2. The molecule has 0 aliphatic rings. The third kappa shape index (κ3) is 5.10. The Morgan fingerprint density at radius 1 is 0.767 bits per heavy atom. The number of nitrogens with zero attached hydrogens (tertiary/aromatic N) is 2. The van der Waals surface area contributed by atoms with E-state index in [1.807, 2.05) is 0 Å². The number of aromatic nitrogens is 2. The quantitative estimate of drug-likeness (QED) is 0.443. The van der Waals surface area contributed by atoms with Gasteiger partial charge in [0.05, 0.1) is 9.79 Å². The van der Waals surface area contributed by atoms with E-state index < -0.39 is 20.0 Å². The van der Waals surface area contributed by atoms with Crippen molar-refractivity contribution >= 4 is 43.2 Å². The molecule has 1 aromatic heterocycles. The standard InChI is InChI=1S/C18H20N6O4S2/c1-11-3-5-13(9-15(11)29(19,25)26)22-17-7-8-21-18(24-17)23-14-6-4-12(2)16(10-14)30(20,27)28/h3-10H,1-2H3,(H2,19,25,26)(H2,20,27,28)(H2,21,22,23,24). The van der Waals surface area contributed by atoms with Gasteiger partial charge in [-0.25, -0.2) is 32.1 Å². The van der Waals surface area contributed by atoms with Crippen LogP contribution in [0, 0.1) is 13.8 Å². The predicted molar refractivity (Wildman–Crippen MR) is 114 cm³/mol. The van der Waals surface area contributed by atoms with E-state index in [0.717, 1.165) is 0 Å². The molecule has 0 saturated heterocycles. The Morgan fingerprint density at radius 3 is 1.77 bits per heavy atom. The first kappa shape index (κ1) is 21.6. The Labute approximate surface area is 174 Å². The van der Waals surface area contributed by atoms with Crippen LogP contribution in [0.5, 0.6) is 0 Å². The first-order valence-corrected chi connectivity index (χ1v) is 11.7. The van der Waals surface area contributed by atoms with Gasteiger partial charge in [-0.3, -0.25) is 0 Å². The highest BCUT2D eigenvalue weighted by atomic mass is 32.2. The average Bonchev–Trinajstić information content (AvgIpc) is 2.63. The average molecular weight is 449 g/mol. The fraction of sp³-hybridized carbons (Fsp3) is 0.111. The van der Waals surface area contributed by atoms with Crippen LogP contribution in [0.15, 0.2) is 58.5 Å². The Hall–Kier alpha value is -3.06. The number of rotatable bonds is 6. The van der Waals surface area contributed by atoms with Gasteiger partial charge in [0, 0.05) is 17.6 Å². The summed E-state index contributed by atoms with van der Waals surface area (Å²) >= 11 is 0. The van der Waals surface area contributed by atoms with Crippen LogP contribution in [-0.2, 0) is 20.0 Å². The van der Waals surface area contributed by atoms with Gasteiger partial charge in [0.2, 0.25) is 26.0 Å². The summed E-state index contributed by atoms with van der Waals surface area (Å²) < 4.78 is 46.8. The number of benzene rings is 2. The van der Waals surface area contributed by atoms with Crippen LogP contribution >= 0.6 is 0 Å². The van der Waals surface area contributed by atoms with Gasteiger partial charge < -0.3 is 10.6 Å². The van der Waals surface area contributed by atoms with Crippen LogP contribution in [0.1, 0.15) is 11.1 Å². The molecule has 1 heterocycles. The minimum atomic E-state index is -3.87. The fourth-order valence-corrected chi connectivity index (χ4v) is 4.35. The van der Waals surface area contributed by atoms with E-state index in [2.05, 4.69) is 20.6 Å². The summed E-state index contributed by atoms with van der Waals surface area (Å²) in [6, 6.07) is 11.0. The normalized spacial score (nSPS) is 11.9. The second-order valence-electron chi connectivity index (χ2n) is 6.57. The summed E-state index contributed by atoms with van der Waals surface area (Å²) in [7, 11) is -7.73. The van der Waals surface area contributed by atoms with Crippen molar-refractivity contribution in [2.45, 2.75) is 23.6 Å². The lowest BCUT2D eigenvalue weighted by atomic mass is 10.2. The fourth-order valence-electron chi connectivity index (χ4n) is 2.73. The lowest BCUT2D eigenvalue weighted by Crippen LogP contribution is -2.14. The first-order chi connectivity index (χ1) is 13.9. The summed E-state index contributed by atoms with van der Waals surface area (Å²) in [6.45, 7) is 3.29. The van der Waals surface area contributed by atoms with Crippen LogP contribution in [0.25, 0.3) is 0 Å². The molecule has 10 nitrogen and oxygen atoms in total. The van der Waals surface area contributed by atoms with Gasteiger partial charge in [0.15, 0.2) is 0 Å². The molecular formula is C18H20N6O4S2. The Morgan fingerprint density at radius 2 is 1.27 bits per heavy atom. The van der Waals surface area contributed by atoms with E-state index in [-0.39, 0.29) is 15.7 Å². The zero-order chi connectivity index (χ0) is 22.1. The van der Waals surface area contributed by atoms with Crippen molar-refractivity contribution in [3.63, 3.8) is 0 Å². The van der Waals surface area contributed by atoms with E-state index in [9.17, 15) is 16.8 Å². The van der Waals surface area contributed by atoms with Crippen molar-refractivity contribution in [2.24, 2.45) is 10.3 Å². The van der Waals surface area contributed by atoms with Gasteiger partial charge in [-0.1, -0.05) is 12.1 Å². The number of primary sulfonamides is 2. The number of aryl methyl sites for hydroxylation is 2. The summed E-state index contributed by atoms with van der Waals surface area (Å²) in [4.78, 5) is 8.41. The van der Waals surface area contributed by atoms with E-state index in [1.165, 1.54) is 18.3 Å². The van der Waals surface area contributed by atoms with Gasteiger partial charge >= 0.3 is 0 Å². The van der Waals surface area contributed by atoms with Crippen molar-refractivity contribution in [2.75, 3.05) is 10.6 Å². The molecule has 0 fully saturated rings. The molecule has 0 amide bonds. The molecular weight excluding hydrogens is 428 g/mol. The van der Waals surface area contributed by atoms with Gasteiger partial charge in [-0.15, -0.1) is 0 Å². The second kappa shape index (κ2) is 7.99. The zero-order valence-electron chi connectivity index (χ0n) is 16.1. The number of anilines is 4. The van der Waals surface area contributed by atoms with Gasteiger partial charge in [0.1, 0.15) is 5.82 Å². The minimum absolute atomic E-state index is 0.00282. The maximum atomic E-state index is 11.7. The molecule has 0 bridgehead atoms. The minimum Gasteiger partial charge on any atom is -0.340 e. The maximum absolute atomic E-state index is 11.7. The van der Waals surface area contributed by atoms with Gasteiger partial charge in [0.25, 0.3) is 0 Å². The first-order valence-electron chi connectivity index (χ1n) is 8.57. The number of nitrogens with two attached hydrogens (primary N) is 2. The van der Waals surface area contributed by atoms with Gasteiger partial charge in [-0.05, 0) is 55.3 Å². The van der Waals surface area contributed by atoms with Crippen LogP contribution in [0.4, 0.5) is 23.1 Å². The molecule has 0 radical (unpaired) electrons. The lowest BCUT2D eigenvalue weighted by Gasteiger charge is -2.11. The molecule has 0 aliphatic heterocycles. The van der Waals surface area contributed by atoms with Crippen molar-refractivity contribution in [3.05, 3.63) is 59.8 Å². The van der Waals surface area contributed by atoms with Gasteiger partial charge in [-0.2, -0.15) is 4.98 Å². The van der Waals surface area contributed by atoms with Crippen LogP contribution < -0.4 is 20.9 Å². The smallest absolute Gasteiger partial charge is 0.238 e. The molecule has 6 N–H and O–H groups in total. The van der Waals surface area contributed by atoms with Crippen molar-refractivity contribution in [1.29, 1.82) is 0 Å². The van der Waals surface area contributed by atoms with E-state index in [4.69, 9.17) is 10.3 Å². The third-order valence-electron chi connectivity index (χ3n) is 4.17. The van der Waals surface area contributed by atoms with Crippen molar-refractivity contribution in [1.82, 2.24) is 9.97 Å². The molecule has 3 aromatic rings. The van der Waals surface area contributed by atoms with Crippen LogP contribution in [-0.4, -0.2) is 26.8 Å². The highest BCUT2D eigenvalue weighted by Crippen LogP contribution is 2.24. The van der Waals surface area contributed by atoms with Crippen LogP contribution in [0.3, 0.4) is 0 Å².